The summed E-state index contributed by atoms with van der Waals surface area (Å²) in [6.45, 7) is -0.0618. The number of nitrogens with zero attached hydrogens (tertiary/aromatic N) is 1. The number of nitrogens with one attached hydrogen (secondary N) is 1. The average molecular weight is 321 g/mol. The third-order valence-corrected chi connectivity index (χ3v) is 3.37. The van der Waals surface area contributed by atoms with E-state index >= 15 is 0 Å². The molecule has 0 spiro atoms. The number of anilines is 1. The van der Waals surface area contributed by atoms with E-state index in [-0.39, 0.29) is 17.3 Å². The average Bonchev–Trinajstić information content (AvgIpc) is 2.53. The normalized spacial score (nSPS) is 10.1. The van der Waals surface area contributed by atoms with Crippen LogP contribution in [0.5, 0.6) is 0 Å². The van der Waals surface area contributed by atoms with Gasteiger partial charge in [-0.15, -0.1) is 0 Å². The summed E-state index contributed by atoms with van der Waals surface area (Å²) in [5, 5.41) is 13.7. The van der Waals surface area contributed by atoms with E-state index in [9.17, 15) is 14.9 Å². The van der Waals surface area contributed by atoms with Crippen LogP contribution < -0.4 is 5.32 Å². The number of halogens is 1. The van der Waals surface area contributed by atoms with Crippen LogP contribution in [0.2, 0.25) is 5.02 Å². The van der Waals surface area contributed by atoms with Gasteiger partial charge in [0.2, 0.25) is 0 Å². The SMILES string of the molecule is CNc1ccccc1C(=O)OCc1ccc([N+](=O)[O-])cc1Cl. The van der Waals surface area contributed by atoms with Crippen molar-refractivity contribution in [3.8, 4) is 0 Å². The maximum atomic E-state index is 12.1. The lowest BCUT2D eigenvalue weighted by Crippen LogP contribution is -2.08. The molecule has 0 unspecified atom stereocenters. The molecule has 0 saturated carbocycles. The minimum Gasteiger partial charge on any atom is -0.457 e. The van der Waals surface area contributed by atoms with E-state index in [2.05, 4.69) is 5.32 Å². The van der Waals surface area contributed by atoms with E-state index in [1.54, 1.807) is 31.3 Å². The molecular formula is C15H13ClN2O4. The van der Waals surface area contributed by atoms with Crippen molar-refractivity contribution in [3.63, 3.8) is 0 Å². The Labute approximate surface area is 131 Å². The van der Waals surface area contributed by atoms with Gasteiger partial charge in [0.1, 0.15) is 6.61 Å². The summed E-state index contributed by atoms with van der Waals surface area (Å²) < 4.78 is 5.20. The van der Waals surface area contributed by atoms with E-state index in [1.165, 1.54) is 18.2 Å². The second-order valence-corrected chi connectivity index (χ2v) is 4.81. The molecule has 0 aromatic heterocycles. The molecule has 0 aliphatic carbocycles. The second kappa shape index (κ2) is 6.91. The fourth-order valence-corrected chi connectivity index (χ4v) is 2.10. The third-order valence-electron chi connectivity index (χ3n) is 3.02. The highest BCUT2D eigenvalue weighted by Gasteiger charge is 2.14. The summed E-state index contributed by atoms with van der Waals surface area (Å²) in [6, 6.07) is 11.0. The molecule has 2 aromatic carbocycles. The lowest BCUT2D eigenvalue weighted by Gasteiger charge is -2.09. The topological polar surface area (TPSA) is 81.5 Å². The number of esters is 1. The quantitative estimate of drug-likeness (QED) is 0.516. The first-order valence-corrected chi connectivity index (χ1v) is 6.77. The Hall–Kier alpha value is -2.60. The Morgan fingerprint density at radius 1 is 1.32 bits per heavy atom. The number of hydrogen-bond acceptors (Lipinski definition) is 5. The number of nitro groups is 1. The van der Waals surface area contributed by atoms with Gasteiger partial charge in [0.15, 0.2) is 0 Å². The Balaban J connectivity index is 2.10. The molecule has 0 bridgehead atoms. The largest absolute Gasteiger partial charge is 0.457 e. The predicted molar refractivity (Wildman–Crippen MR) is 83.2 cm³/mol. The summed E-state index contributed by atoms with van der Waals surface area (Å²) >= 11 is 5.95. The van der Waals surface area contributed by atoms with Gasteiger partial charge in [0, 0.05) is 30.4 Å². The van der Waals surface area contributed by atoms with Crippen molar-refractivity contribution in [2.75, 3.05) is 12.4 Å². The number of carbonyl (C=O) groups is 1. The van der Waals surface area contributed by atoms with Gasteiger partial charge in [-0.2, -0.15) is 0 Å². The lowest BCUT2D eigenvalue weighted by atomic mass is 10.2. The van der Waals surface area contributed by atoms with Crippen LogP contribution in [-0.2, 0) is 11.3 Å². The minimum atomic E-state index is -0.537. The molecule has 7 heteroatoms. The van der Waals surface area contributed by atoms with E-state index < -0.39 is 10.9 Å². The van der Waals surface area contributed by atoms with Crippen LogP contribution in [0.1, 0.15) is 15.9 Å². The van der Waals surface area contributed by atoms with Gasteiger partial charge < -0.3 is 10.1 Å². The van der Waals surface area contributed by atoms with Gasteiger partial charge in [-0.1, -0.05) is 23.7 Å². The van der Waals surface area contributed by atoms with E-state index in [0.717, 1.165) is 0 Å². The first-order chi connectivity index (χ1) is 10.5. The number of carbonyl (C=O) groups excluding carboxylic acids is 1. The lowest BCUT2D eigenvalue weighted by molar-refractivity contribution is -0.384. The number of nitro benzene ring substituents is 1. The van der Waals surface area contributed by atoms with Crippen LogP contribution in [0.15, 0.2) is 42.5 Å². The van der Waals surface area contributed by atoms with Crippen LogP contribution in [0.4, 0.5) is 11.4 Å². The molecule has 22 heavy (non-hydrogen) atoms. The highest BCUT2D eigenvalue weighted by atomic mass is 35.5. The van der Waals surface area contributed by atoms with E-state index in [4.69, 9.17) is 16.3 Å². The third kappa shape index (κ3) is 3.53. The second-order valence-electron chi connectivity index (χ2n) is 4.40. The van der Waals surface area contributed by atoms with Crippen LogP contribution in [-0.4, -0.2) is 17.9 Å². The van der Waals surface area contributed by atoms with Gasteiger partial charge in [-0.3, -0.25) is 10.1 Å². The molecule has 2 rings (SSSR count). The number of ether oxygens (including phenoxy) is 1. The molecular weight excluding hydrogens is 308 g/mol. The van der Waals surface area contributed by atoms with Gasteiger partial charge >= 0.3 is 5.97 Å². The first kappa shape index (κ1) is 15.8. The van der Waals surface area contributed by atoms with Crippen LogP contribution >= 0.6 is 11.6 Å². The molecule has 0 amide bonds. The molecule has 0 radical (unpaired) electrons. The standard InChI is InChI=1S/C15H13ClN2O4/c1-17-14-5-3-2-4-12(14)15(19)22-9-10-6-7-11(18(20)21)8-13(10)16/h2-8,17H,9H2,1H3. The summed E-state index contributed by atoms with van der Waals surface area (Å²) in [4.78, 5) is 22.2. The number of para-hydroxylation sites is 1. The first-order valence-electron chi connectivity index (χ1n) is 6.39. The fourth-order valence-electron chi connectivity index (χ4n) is 1.87. The van der Waals surface area contributed by atoms with Crippen molar-refractivity contribution < 1.29 is 14.5 Å². The molecule has 1 N–H and O–H groups in total. The highest BCUT2D eigenvalue weighted by Crippen LogP contribution is 2.24. The maximum absolute atomic E-state index is 12.1. The van der Waals surface area contributed by atoms with Crippen molar-refractivity contribution in [1.29, 1.82) is 0 Å². The molecule has 0 fully saturated rings. The van der Waals surface area contributed by atoms with Gasteiger partial charge in [0.05, 0.1) is 15.5 Å². The van der Waals surface area contributed by atoms with Crippen molar-refractivity contribution in [2.24, 2.45) is 0 Å². The zero-order valence-electron chi connectivity index (χ0n) is 11.7. The van der Waals surface area contributed by atoms with Crippen LogP contribution in [0.3, 0.4) is 0 Å². The summed E-state index contributed by atoms with van der Waals surface area (Å²) in [7, 11) is 1.71. The Morgan fingerprint density at radius 2 is 2.05 bits per heavy atom. The van der Waals surface area contributed by atoms with E-state index in [1.807, 2.05) is 0 Å². The molecule has 2 aromatic rings. The molecule has 0 heterocycles. The van der Waals surface area contributed by atoms with Crippen molar-refractivity contribution in [1.82, 2.24) is 0 Å². The van der Waals surface area contributed by atoms with Gasteiger partial charge in [-0.25, -0.2) is 4.79 Å². The highest BCUT2D eigenvalue weighted by molar-refractivity contribution is 6.31. The monoisotopic (exact) mass is 320 g/mol. The minimum absolute atomic E-state index is 0.0618. The number of rotatable bonds is 5. The number of benzene rings is 2. The van der Waals surface area contributed by atoms with Crippen LogP contribution in [0.25, 0.3) is 0 Å². The van der Waals surface area contributed by atoms with E-state index in [0.29, 0.717) is 16.8 Å². The smallest absolute Gasteiger partial charge is 0.340 e. The predicted octanol–water partition coefficient (Wildman–Crippen LogP) is 3.65. The molecule has 0 saturated heterocycles. The summed E-state index contributed by atoms with van der Waals surface area (Å²) in [5.41, 5.74) is 1.45. The maximum Gasteiger partial charge on any atom is 0.340 e. The van der Waals surface area contributed by atoms with Gasteiger partial charge in [-0.05, 0) is 18.2 Å². The Morgan fingerprint density at radius 3 is 2.68 bits per heavy atom. The summed E-state index contributed by atoms with van der Waals surface area (Å²) in [5.74, 6) is -0.501. The molecule has 6 nitrogen and oxygen atoms in total. The Kier molecular flexibility index (Phi) is 4.95. The van der Waals surface area contributed by atoms with Crippen molar-refractivity contribution in [2.45, 2.75) is 6.61 Å². The van der Waals surface area contributed by atoms with Crippen molar-refractivity contribution >= 4 is 28.9 Å². The molecule has 0 aliphatic heterocycles. The molecule has 0 aliphatic rings. The Bertz CT molecular complexity index is 718. The zero-order valence-corrected chi connectivity index (χ0v) is 12.5. The van der Waals surface area contributed by atoms with Gasteiger partial charge in [0.25, 0.3) is 5.69 Å². The van der Waals surface area contributed by atoms with Crippen LogP contribution in [0, 0.1) is 10.1 Å². The fraction of sp³-hybridized carbons (Fsp3) is 0.133. The number of non-ortho nitro benzene ring substituents is 1. The van der Waals surface area contributed by atoms with Crippen molar-refractivity contribution in [3.05, 3.63) is 68.7 Å². The number of hydrogen-bond donors (Lipinski definition) is 1. The summed E-state index contributed by atoms with van der Waals surface area (Å²) in [6.07, 6.45) is 0. The zero-order chi connectivity index (χ0) is 16.1. The molecule has 114 valence electrons. The molecule has 0 atom stereocenters.